The third-order valence-corrected chi connectivity index (χ3v) is 9.02. The van der Waals surface area contributed by atoms with Crippen LogP contribution in [0, 0.1) is 12.5 Å². The van der Waals surface area contributed by atoms with Crippen molar-refractivity contribution in [3.8, 4) is 6.01 Å². The summed E-state index contributed by atoms with van der Waals surface area (Å²) in [6.07, 6.45) is 1.77. The Hall–Kier alpha value is -3.94. The molecule has 2 saturated heterocycles. The van der Waals surface area contributed by atoms with Crippen molar-refractivity contribution in [2.24, 2.45) is 5.92 Å². The zero-order valence-corrected chi connectivity index (χ0v) is 25.1. The van der Waals surface area contributed by atoms with E-state index in [9.17, 15) is 9.18 Å². The summed E-state index contributed by atoms with van der Waals surface area (Å²) in [5.74, 6) is -0.591. The topological polar surface area (TPSA) is 69.4 Å². The highest BCUT2D eigenvalue weighted by atomic mass is 35.5. The highest BCUT2D eigenvalue weighted by molar-refractivity contribution is 6.36. The molecule has 3 aromatic rings. The Bertz CT molecular complexity index is 1590. The largest absolute Gasteiger partial charge is 0.463 e. The molecule has 11 heteroatoms. The highest BCUT2D eigenvalue weighted by Gasteiger charge is 2.36. The normalized spacial score (nSPS) is 20.7. The Labute approximate surface area is 256 Å². The lowest BCUT2D eigenvalue weighted by molar-refractivity contribution is -0.131. The molecule has 6 rings (SSSR count). The summed E-state index contributed by atoms with van der Waals surface area (Å²) in [6, 6.07) is 12.0. The van der Waals surface area contributed by atoms with Crippen molar-refractivity contribution in [1.29, 1.82) is 0 Å². The number of hydrogen-bond acceptors (Lipinski definition) is 7. The van der Waals surface area contributed by atoms with Gasteiger partial charge in [-0.2, -0.15) is 9.97 Å². The molecule has 9 nitrogen and oxygen atoms in total. The van der Waals surface area contributed by atoms with Gasteiger partial charge in [0.1, 0.15) is 11.9 Å². The van der Waals surface area contributed by atoms with Crippen molar-refractivity contribution in [3.05, 3.63) is 76.5 Å². The van der Waals surface area contributed by atoms with Gasteiger partial charge in [-0.1, -0.05) is 42.4 Å². The molecule has 1 aromatic heterocycles. The number of aromatic nitrogens is 2. The fourth-order valence-electron chi connectivity index (χ4n) is 6.55. The molecule has 0 spiro atoms. The lowest BCUT2D eigenvalue weighted by Gasteiger charge is -2.41. The first kappa shape index (κ1) is 29.1. The molecule has 224 valence electrons. The van der Waals surface area contributed by atoms with Crippen LogP contribution in [0.4, 0.5) is 15.9 Å². The van der Waals surface area contributed by atoms with Crippen LogP contribution in [0.5, 0.6) is 6.01 Å². The van der Waals surface area contributed by atoms with Crippen molar-refractivity contribution < 1.29 is 13.9 Å². The first-order chi connectivity index (χ1) is 20.8. The number of ether oxygens (including phenoxy) is 1. The smallest absolute Gasteiger partial charge is 0.318 e. The predicted molar refractivity (Wildman–Crippen MR) is 166 cm³/mol. The SMILES string of the molecule is [C-]#[N+]C[C@H]1CN(c2nc(OC[C@@H]3CCN(C)C3)nc3c2CCN(c2cccc4cccc(Cl)c24)C3)CCN1C(=O)C(=C)F. The number of hydrogen-bond donors (Lipinski definition) is 0. The Kier molecular flexibility index (Phi) is 8.37. The van der Waals surface area contributed by atoms with E-state index in [4.69, 9.17) is 32.9 Å². The fraction of sp³-hybridized carbons (Fsp3) is 0.438. The summed E-state index contributed by atoms with van der Waals surface area (Å²) in [4.78, 5) is 34.0. The number of halogens is 2. The molecule has 2 atom stereocenters. The van der Waals surface area contributed by atoms with Gasteiger partial charge in [-0.05, 0) is 44.0 Å². The Morgan fingerprint density at radius 2 is 1.95 bits per heavy atom. The second-order valence-corrected chi connectivity index (χ2v) is 12.0. The average Bonchev–Trinajstić information content (AvgIpc) is 3.43. The van der Waals surface area contributed by atoms with Gasteiger partial charge in [-0.3, -0.25) is 4.79 Å². The van der Waals surface area contributed by atoms with Crippen LogP contribution in [0.1, 0.15) is 17.7 Å². The number of nitrogens with zero attached hydrogens (tertiary/aromatic N) is 7. The van der Waals surface area contributed by atoms with Crippen LogP contribution in [-0.4, -0.2) is 91.2 Å². The number of carbonyl (C=O) groups is 1. The third kappa shape index (κ3) is 5.97. The molecule has 0 radical (unpaired) electrons. The highest BCUT2D eigenvalue weighted by Crippen LogP contribution is 2.37. The van der Waals surface area contributed by atoms with Gasteiger partial charge in [0.25, 0.3) is 5.91 Å². The van der Waals surface area contributed by atoms with Crippen LogP contribution in [0.3, 0.4) is 0 Å². The quantitative estimate of drug-likeness (QED) is 0.289. The molecule has 3 aliphatic heterocycles. The molecule has 4 heterocycles. The van der Waals surface area contributed by atoms with E-state index in [-0.39, 0.29) is 13.1 Å². The summed E-state index contributed by atoms with van der Waals surface area (Å²) in [6.45, 7) is 15.6. The van der Waals surface area contributed by atoms with Crippen LogP contribution in [0.15, 0.2) is 48.8 Å². The number of carbonyl (C=O) groups excluding carboxylic acids is 1. The number of piperazine rings is 1. The van der Waals surface area contributed by atoms with Gasteiger partial charge in [-0.25, -0.2) is 11.0 Å². The van der Waals surface area contributed by atoms with Crippen molar-refractivity contribution in [2.45, 2.75) is 25.4 Å². The summed E-state index contributed by atoms with van der Waals surface area (Å²) < 4.78 is 20.0. The summed E-state index contributed by atoms with van der Waals surface area (Å²) >= 11 is 6.68. The van der Waals surface area contributed by atoms with Crippen LogP contribution >= 0.6 is 11.6 Å². The zero-order valence-electron chi connectivity index (χ0n) is 24.3. The van der Waals surface area contributed by atoms with E-state index >= 15 is 0 Å². The summed E-state index contributed by atoms with van der Waals surface area (Å²) in [7, 11) is 2.11. The molecule has 0 N–H and O–H groups in total. The predicted octanol–water partition coefficient (Wildman–Crippen LogP) is 4.60. The summed E-state index contributed by atoms with van der Waals surface area (Å²) in [5, 5.41) is 2.81. The standard InChI is InChI=1S/C32H35ClFN7O2/c1-21(34)31(42)41-15-14-40(18-24(41)16-35-2)30-25-11-13-39(28-9-5-7-23-6-4-8-26(33)29(23)28)19-27(25)36-32(37-30)43-20-22-10-12-38(3)17-22/h4-9,22,24H,1,10-20H2,3H3/t22-,24+/m1/s1. The number of fused-ring (bicyclic) bond motifs is 2. The van der Waals surface area contributed by atoms with E-state index in [1.165, 1.54) is 4.90 Å². The molecular formula is C32H35ClFN7O2. The molecule has 0 unspecified atom stereocenters. The molecule has 2 aromatic carbocycles. The van der Waals surface area contributed by atoms with Crippen LogP contribution in [-0.2, 0) is 17.8 Å². The van der Waals surface area contributed by atoms with Crippen molar-refractivity contribution >= 4 is 39.8 Å². The van der Waals surface area contributed by atoms with Crippen molar-refractivity contribution in [2.75, 3.05) is 69.3 Å². The molecule has 0 bridgehead atoms. The number of anilines is 2. The maximum Gasteiger partial charge on any atom is 0.318 e. The maximum absolute atomic E-state index is 13.8. The molecule has 2 fully saturated rings. The van der Waals surface area contributed by atoms with Gasteiger partial charge in [-0.15, -0.1) is 0 Å². The van der Waals surface area contributed by atoms with Crippen molar-refractivity contribution in [3.63, 3.8) is 0 Å². The molecule has 0 saturated carbocycles. The van der Waals surface area contributed by atoms with E-state index in [0.717, 1.165) is 59.6 Å². The zero-order chi connectivity index (χ0) is 30.1. The molecule has 3 aliphatic rings. The lowest BCUT2D eigenvalue weighted by Crippen LogP contribution is -2.57. The average molecular weight is 604 g/mol. The van der Waals surface area contributed by atoms with E-state index < -0.39 is 17.8 Å². The number of benzene rings is 2. The number of likely N-dealkylation sites (tertiary alicyclic amines) is 1. The lowest BCUT2D eigenvalue weighted by atomic mass is 10.0. The molecular weight excluding hydrogens is 569 g/mol. The second-order valence-electron chi connectivity index (χ2n) is 11.6. The van der Waals surface area contributed by atoms with Crippen LogP contribution < -0.4 is 14.5 Å². The summed E-state index contributed by atoms with van der Waals surface area (Å²) in [5.41, 5.74) is 2.98. The minimum Gasteiger partial charge on any atom is -0.463 e. The first-order valence-electron chi connectivity index (χ1n) is 14.7. The van der Waals surface area contributed by atoms with Crippen LogP contribution in [0.2, 0.25) is 5.02 Å². The number of rotatable bonds is 7. The fourth-order valence-corrected chi connectivity index (χ4v) is 6.83. The molecule has 43 heavy (non-hydrogen) atoms. The molecule has 1 amide bonds. The minimum atomic E-state index is -1.01. The monoisotopic (exact) mass is 603 g/mol. The molecule has 0 aliphatic carbocycles. The van der Waals surface area contributed by atoms with Gasteiger partial charge in [0.2, 0.25) is 6.54 Å². The van der Waals surface area contributed by atoms with Gasteiger partial charge >= 0.3 is 6.01 Å². The first-order valence-corrected chi connectivity index (χ1v) is 15.1. The second kappa shape index (κ2) is 12.3. The van der Waals surface area contributed by atoms with Gasteiger partial charge < -0.3 is 29.2 Å². The Morgan fingerprint density at radius 1 is 1.14 bits per heavy atom. The van der Waals surface area contributed by atoms with Gasteiger partial charge in [0.05, 0.1) is 23.9 Å². The van der Waals surface area contributed by atoms with Crippen molar-refractivity contribution in [1.82, 2.24) is 19.8 Å². The minimum absolute atomic E-state index is 0.0664. The Balaban J connectivity index is 1.33. The Morgan fingerprint density at radius 3 is 2.70 bits per heavy atom. The van der Waals surface area contributed by atoms with E-state index in [1.807, 2.05) is 18.2 Å². The van der Waals surface area contributed by atoms with Gasteiger partial charge in [0.15, 0.2) is 5.83 Å². The van der Waals surface area contributed by atoms with E-state index in [2.05, 4.69) is 51.4 Å². The van der Waals surface area contributed by atoms with Gasteiger partial charge in [0, 0.05) is 55.3 Å². The third-order valence-electron chi connectivity index (χ3n) is 8.71. The van der Waals surface area contributed by atoms with Crippen LogP contribution in [0.25, 0.3) is 15.6 Å². The maximum atomic E-state index is 13.8. The number of amides is 1. The van der Waals surface area contributed by atoms with E-state index in [0.29, 0.717) is 49.6 Å². The van der Waals surface area contributed by atoms with E-state index in [1.54, 1.807) is 0 Å².